The molecule has 3 aromatic rings. The molecule has 112 valence electrons. The molecule has 3 rings (SSSR count). The molecule has 0 amide bonds. The molecule has 6 nitrogen and oxygen atoms in total. The van der Waals surface area contributed by atoms with Crippen LogP contribution in [0.15, 0.2) is 46.4 Å². The summed E-state index contributed by atoms with van der Waals surface area (Å²) >= 11 is 1.50. The van der Waals surface area contributed by atoms with E-state index in [1.807, 2.05) is 17.5 Å². The van der Waals surface area contributed by atoms with E-state index in [0.29, 0.717) is 11.6 Å². The van der Waals surface area contributed by atoms with E-state index in [9.17, 15) is 14.5 Å². The number of benzene rings is 1. The fourth-order valence-corrected chi connectivity index (χ4v) is 2.55. The smallest absolute Gasteiger partial charge is 0.295 e. The number of nitro benzene ring substituents is 1. The summed E-state index contributed by atoms with van der Waals surface area (Å²) in [4.78, 5) is 15.5. The number of rotatable bonds is 5. The van der Waals surface area contributed by atoms with Gasteiger partial charge in [0.15, 0.2) is 0 Å². The Balaban J connectivity index is 1.74. The van der Waals surface area contributed by atoms with Crippen LogP contribution in [0.1, 0.15) is 5.69 Å². The summed E-state index contributed by atoms with van der Waals surface area (Å²) in [5.74, 6) is -0.154. The highest BCUT2D eigenvalue weighted by molar-refractivity contribution is 7.13. The van der Waals surface area contributed by atoms with E-state index < -0.39 is 10.7 Å². The van der Waals surface area contributed by atoms with Gasteiger partial charge in [-0.3, -0.25) is 10.1 Å². The number of nitrogens with one attached hydrogen (secondary N) is 1. The maximum Gasteiger partial charge on any atom is 0.295 e. The summed E-state index contributed by atoms with van der Waals surface area (Å²) in [5.41, 5.74) is 0.510. The molecule has 0 aliphatic carbocycles. The SMILES string of the molecule is O=[N+]([O-])c1cc(F)ccc1NCc1coc(-c2cccs2)n1. The zero-order valence-electron chi connectivity index (χ0n) is 11.2. The second-order valence-corrected chi connectivity index (χ2v) is 5.34. The summed E-state index contributed by atoms with van der Waals surface area (Å²) in [7, 11) is 0. The van der Waals surface area contributed by atoms with Crippen LogP contribution in [0.3, 0.4) is 0 Å². The van der Waals surface area contributed by atoms with Gasteiger partial charge in [0.2, 0.25) is 5.89 Å². The van der Waals surface area contributed by atoms with Crippen LogP contribution in [0, 0.1) is 15.9 Å². The average molecular weight is 319 g/mol. The Morgan fingerprint density at radius 1 is 1.41 bits per heavy atom. The largest absolute Gasteiger partial charge is 0.443 e. The average Bonchev–Trinajstić information content (AvgIpc) is 3.16. The highest BCUT2D eigenvalue weighted by Crippen LogP contribution is 2.27. The molecule has 8 heteroatoms. The molecule has 0 unspecified atom stereocenters. The molecule has 2 heterocycles. The Morgan fingerprint density at radius 2 is 2.27 bits per heavy atom. The lowest BCUT2D eigenvalue weighted by Gasteiger charge is -2.04. The van der Waals surface area contributed by atoms with Gasteiger partial charge in [-0.05, 0) is 23.6 Å². The number of hydrogen-bond acceptors (Lipinski definition) is 6. The predicted octanol–water partition coefficient (Wildman–Crippen LogP) is 4.06. The first-order valence-electron chi connectivity index (χ1n) is 6.29. The first kappa shape index (κ1) is 14.2. The molecular weight excluding hydrogens is 309 g/mol. The van der Waals surface area contributed by atoms with Crippen LogP contribution in [0.4, 0.5) is 15.8 Å². The van der Waals surface area contributed by atoms with E-state index in [0.717, 1.165) is 17.0 Å². The van der Waals surface area contributed by atoms with Gasteiger partial charge in [0, 0.05) is 0 Å². The van der Waals surface area contributed by atoms with E-state index in [1.165, 1.54) is 23.7 Å². The summed E-state index contributed by atoms with van der Waals surface area (Å²) in [6.45, 7) is 0.237. The van der Waals surface area contributed by atoms with Crippen LogP contribution in [0.2, 0.25) is 0 Å². The van der Waals surface area contributed by atoms with Crippen molar-refractivity contribution in [3.05, 3.63) is 63.6 Å². The van der Waals surface area contributed by atoms with E-state index in [1.54, 1.807) is 0 Å². The normalized spacial score (nSPS) is 10.6. The maximum absolute atomic E-state index is 13.1. The number of oxazole rings is 1. The molecular formula is C14H10FN3O3S. The molecule has 0 saturated heterocycles. The predicted molar refractivity (Wildman–Crippen MR) is 80.2 cm³/mol. The van der Waals surface area contributed by atoms with E-state index in [-0.39, 0.29) is 17.9 Å². The molecule has 0 bridgehead atoms. The molecule has 1 aromatic carbocycles. The number of nitro groups is 1. The van der Waals surface area contributed by atoms with Gasteiger partial charge in [-0.2, -0.15) is 0 Å². The molecule has 2 aromatic heterocycles. The van der Waals surface area contributed by atoms with Crippen LogP contribution in [-0.2, 0) is 6.54 Å². The van der Waals surface area contributed by atoms with Crippen molar-refractivity contribution in [1.82, 2.24) is 4.98 Å². The Kier molecular flexibility index (Phi) is 3.84. The molecule has 0 spiro atoms. The van der Waals surface area contributed by atoms with Crippen molar-refractivity contribution in [3.8, 4) is 10.8 Å². The third kappa shape index (κ3) is 2.96. The van der Waals surface area contributed by atoms with Gasteiger partial charge in [-0.25, -0.2) is 9.37 Å². The van der Waals surface area contributed by atoms with Crippen molar-refractivity contribution in [1.29, 1.82) is 0 Å². The number of halogens is 1. The van der Waals surface area contributed by atoms with Gasteiger partial charge in [-0.15, -0.1) is 11.3 Å². The minimum absolute atomic E-state index is 0.229. The van der Waals surface area contributed by atoms with Gasteiger partial charge in [0.1, 0.15) is 17.8 Å². The highest BCUT2D eigenvalue weighted by atomic mass is 32.1. The summed E-state index contributed by atoms with van der Waals surface area (Å²) in [6.07, 6.45) is 1.48. The lowest BCUT2D eigenvalue weighted by Crippen LogP contribution is -2.03. The number of anilines is 1. The molecule has 0 fully saturated rings. The van der Waals surface area contributed by atoms with E-state index in [2.05, 4.69) is 10.3 Å². The minimum atomic E-state index is -0.654. The topological polar surface area (TPSA) is 81.2 Å². The van der Waals surface area contributed by atoms with Gasteiger partial charge >= 0.3 is 0 Å². The van der Waals surface area contributed by atoms with Crippen LogP contribution in [-0.4, -0.2) is 9.91 Å². The van der Waals surface area contributed by atoms with E-state index >= 15 is 0 Å². The molecule has 0 aliphatic heterocycles. The number of nitrogens with zero attached hydrogens (tertiary/aromatic N) is 2. The molecule has 22 heavy (non-hydrogen) atoms. The molecule has 0 saturated carbocycles. The Morgan fingerprint density at radius 3 is 3.00 bits per heavy atom. The zero-order valence-corrected chi connectivity index (χ0v) is 12.0. The maximum atomic E-state index is 13.1. The van der Waals surface area contributed by atoms with Gasteiger partial charge in [0.25, 0.3) is 5.69 Å². The summed E-state index contributed by atoms with van der Waals surface area (Å²) in [6, 6.07) is 7.15. The third-order valence-electron chi connectivity index (χ3n) is 2.90. The molecule has 0 radical (unpaired) electrons. The number of aromatic nitrogens is 1. The third-order valence-corrected chi connectivity index (χ3v) is 3.76. The van der Waals surface area contributed by atoms with Crippen molar-refractivity contribution in [2.75, 3.05) is 5.32 Å². The van der Waals surface area contributed by atoms with Crippen LogP contribution >= 0.6 is 11.3 Å². The van der Waals surface area contributed by atoms with Crippen LogP contribution in [0.25, 0.3) is 10.8 Å². The highest BCUT2D eigenvalue weighted by Gasteiger charge is 2.15. The lowest BCUT2D eigenvalue weighted by molar-refractivity contribution is -0.384. The molecule has 0 aliphatic rings. The van der Waals surface area contributed by atoms with Crippen molar-refractivity contribution in [3.63, 3.8) is 0 Å². The van der Waals surface area contributed by atoms with Crippen molar-refractivity contribution < 1.29 is 13.7 Å². The quantitative estimate of drug-likeness (QED) is 0.566. The standard InChI is InChI=1S/C14H10FN3O3S/c15-9-3-4-11(12(6-9)18(19)20)16-7-10-8-21-14(17-10)13-2-1-5-22-13/h1-6,8,16H,7H2. The van der Waals surface area contributed by atoms with Crippen LogP contribution in [0.5, 0.6) is 0 Å². The monoisotopic (exact) mass is 319 g/mol. The second-order valence-electron chi connectivity index (χ2n) is 4.39. The van der Waals surface area contributed by atoms with Gasteiger partial charge < -0.3 is 9.73 Å². The lowest BCUT2D eigenvalue weighted by atomic mass is 10.2. The van der Waals surface area contributed by atoms with Crippen molar-refractivity contribution in [2.24, 2.45) is 0 Å². The van der Waals surface area contributed by atoms with E-state index in [4.69, 9.17) is 4.42 Å². The Bertz CT molecular complexity index is 802. The van der Waals surface area contributed by atoms with Crippen molar-refractivity contribution in [2.45, 2.75) is 6.54 Å². The number of thiophene rings is 1. The fourth-order valence-electron chi connectivity index (χ4n) is 1.89. The number of hydrogen-bond donors (Lipinski definition) is 1. The Hall–Kier alpha value is -2.74. The zero-order chi connectivity index (χ0) is 15.5. The summed E-state index contributed by atoms with van der Waals surface area (Å²) < 4.78 is 18.4. The second kappa shape index (κ2) is 5.94. The van der Waals surface area contributed by atoms with Gasteiger partial charge in [-0.1, -0.05) is 6.07 Å². The first-order valence-corrected chi connectivity index (χ1v) is 7.17. The molecule has 0 atom stereocenters. The minimum Gasteiger partial charge on any atom is -0.443 e. The first-order chi connectivity index (χ1) is 10.6. The van der Waals surface area contributed by atoms with Gasteiger partial charge in [0.05, 0.1) is 28.1 Å². The fraction of sp³-hybridized carbons (Fsp3) is 0.0714. The summed E-state index contributed by atoms with van der Waals surface area (Å²) in [5, 5.41) is 15.7. The Labute approximate surface area is 128 Å². The van der Waals surface area contributed by atoms with Crippen LogP contribution < -0.4 is 5.32 Å². The molecule has 1 N–H and O–H groups in total. The van der Waals surface area contributed by atoms with Crippen molar-refractivity contribution >= 4 is 22.7 Å².